The van der Waals surface area contributed by atoms with Gasteiger partial charge in [-0.3, -0.25) is 9.78 Å². The molecule has 1 heterocycles. The lowest BCUT2D eigenvalue weighted by Crippen LogP contribution is -2.38. The first-order chi connectivity index (χ1) is 6.11. The number of primary amides is 1. The van der Waals surface area contributed by atoms with E-state index in [4.69, 9.17) is 11.5 Å². The molecule has 1 unspecified atom stereocenters. The third-order valence-electron chi connectivity index (χ3n) is 1.92. The molecular formula is C9H13N3O. The first kappa shape index (κ1) is 9.67. The quantitative estimate of drug-likeness (QED) is 0.671. The standard InChI is InChI=1S/C9H13N3O/c1-6-7(3-2-4-12-6)5-8(10)9(11)13/h2-4,8H,5,10H2,1H3,(H2,11,13). The Morgan fingerprint density at radius 3 is 2.92 bits per heavy atom. The van der Waals surface area contributed by atoms with Gasteiger partial charge in [-0.05, 0) is 25.0 Å². The molecule has 0 radical (unpaired) electrons. The molecule has 1 atom stereocenters. The van der Waals surface area contributed by atoms with Crippen molar-refractivity contribution in [2.24, 2.45) is 11.5 Å². The van der Waals surface area contributed by atoms with Crippen LogP contribution in [0.25, 0.3) is 0 Å². The molecule has 0 aliphatic heterocycles. The van der Waals surface area contributed by atoms with Crippen LogP contribution in [0.4, 0.5) is 0 Å². The van der Waals surface area contributed by atoms with Crippen LogP contribution in [0.1, 0.15) is 11.3 Å². The minimum Gasteiger partial charge on any atom is -0.368 e. The average Bonchev–Trinajstić information content (AvgIpc) is 2.08. The SMILES string of the molecule is Cc1ncccc1CC(N)C(N)=O. The van der Waals surface area contributed by atoms with Crippen molar-refractivity contribution in [2.45, 2.75) is 19.4 Å². The lowest BCUT2D eigenvalue weighted by atomic mass is 10.1. The Morgan fingerprint density at radius 2 is 2.38 bits per heavy atom. The van der Waals surface area contributed by atoms with Crippen molar-refractivity contribution in [1.29, 1.82) is 0 Å². The maximum absolute atomic E-state index is 10.7. The van der Waals surface area contributed by atoms with Gasteiger partial charge >= 0.3 is 0 Å². The molecule has 1 amide bonds. The summed E-state index contributed by atoms with van der Waals surface area (Å²) in [5, 5.41) is 0. The summed E-state index contributed by atoms with van der Waals surface area (Å²) in [6.07, 6.45) is 2.16. The van der Waals surface area contributed by atoms with Gasteiger partial charge in [0.25, 0.3) is 0 Å². The van der Waals surface area contributed by atoms with Gasteiger partial charge in [0.05, 0.1) is 6.04 Å². The summed E-state index contributed by atoms with van der Waals surface area (Å²) in [4.78, 5) is 14.8. The lowest BCUT2D eigenvalue weighted by molar-refractivity contribution is -0.119. The van der Waals surface area contributed by atoms with Crippen LogP contribution in [0, 0.1) is 6.92 Å². The molecular weight excluding hydrogens is 166 g/mol. The number of rotatable bonds is 3. The number of nitrogens with two attached hydrogens (primary N) is 2. The zero-order chi connectivity index (χ0) is 9.84. The number of nitrogens with zero attached hydrogens (tertiary/aromatic N) is 1. The minimum absolute atomic E-state index is 0.453. The van der Waals surface area contributed by atoms with Crippen molar-refractivity contribution in [2.75, 3.05) is 0 Å². The van der Waals surface area contributed by atoms with Gasteiger partial charge in [-0.15, -0.1) is 0 Å². The van der Waals surface area contributed by atoms with E-state index in [1.54, 1.807) is 6.20 Å². The molecule has 1 rings (SSSR count). The molecule has 4 heteroatoms. The van der Waals surface area contributed by atoms with Crippen LogP contribution in [-0.2, 0) is 11.2 Å². The number of hydrogen-bond acceptors (Lipinski definition) is 3. The summed E-state index contributed by atoms with van der Waals surface area (Å²) >= 11 is 0. The van der Waals surface area contributed by atoms with Crippen LogP contribution < -0.4 is 11.5 Å². The Labute approximate surface area is 77.0 Å². The normalized spacial score (nSPS) is 12.5. The molecule has 1 aromatic rings. The number of aromatic nitrogens is 1. The molecule has 0 bridgehead atoms. The van der Waals surface area contributed by atoms with Crippen molar-refractivity contribution in [1.82, 2.24) is 4.98 Å². The van der Waals surface area contributed by atoms with E-state index in [9.17, 15) is 4.79 Å². The average molecular weight is 179 g/mol. The predicted octanol–water partition coefficient (Wildman–Crippen LogP) is -0.255. The van der Waals surface area contributed by atoms with Crippen molar-refractivity contribution in [3.05, 3.63) is 29.6 Å². The topological polar surface area (TPSA) is 82.0 Å². The monoisotopic (exact) mass is 179 g/mol. The van der Waals surface area contributed by atoms with E-state index in [0.29, 0.717) is 6.42 Å². The van der Waals surface area contributed by atoms with Gasteiger partial charge in [0, 0.05) is 11.9 Å². The fourth-order valence-corrected chi connectivity index (χ4v) is 1.07. The number of pyridine rings is 1. The molecule has 4 N–H and O–H groups in total. The van der Waals surface area contributed by atoms with E-state index in [0.717, 1.165) is 11.3 Å². The highest BCUT2D eigenvalue weighted by Crippen LogP contribution is 2.05. The molecule has 13 heavy (non-hydrogen) atoms. The van der Waals surface area contributed by atoms with Crippen molar-refractivity contribution < 1.29 is 4.79 Å². The molecule has 0 saturated carbocycles. The summed E-state index contributed by atoms with van der Waals surface area (Å²) in [5.41, 5.74) is 12.4. The van der Waals surface area contributed by atoms with E-state index >= 15 is 0 Å². The summed E-state index contributed by atoms with van der Waals surface area (Å²) in [5.74, 6) is -0.483. The van der Waals surface area contributed by atoms with E-state index in [-0.39, 0.29) is 0 Å². The molecule has 0 saturated heterocycles. The Hall–Kier alpha value is -1.42. The maximum atomic E-state index is 10.7. The zero-order valence-electron chi connectivity index (χ0n) is 7.53. The van der Waals surface area contributed by atoms with Crippen LogP contribution in [0.15, 0.2) is 18.3 Å². The minimum atomic E-state index is -0.622. The molecule has 4 nitrogen and oxygen atoms in total. The van der Waals surface area contributed by atoms with Crippen LogP contribution in [-0.4, -0.2) is 16.9 Å². The molecule has 0 fully saturated rings. The fourth-order valence-electron chi connectivity index (χ4n) is 1.07. The summed E-state index contributed by atoms with van der Waals surface area (Å²) in [6, 6.07) is 3.09. The van der Waals surface area contributed by atoms with E-state index < -0.39 is 11.9 Å². The van der Waals surface area contributed by atoms with E-state index in [1.807, 2.05) is 19.1 Å². The highest BCUT2D eigenvalue weighted by molar-refractivity contribution is 5.79. The number of carbonyl (C=O) groups excluding carboxylic acids is 1. The van der Waals surface area contributed by atoms with Gasteiger partial charge in [-0.1, -0.05) is 6.07 Å². The highest BCUT2D eigenvalue weighted by Gasteiger charge is 2.11. The van der Waals surface area contributed by atoms with Crippen molar-refractivity contribution >= 4 is 5.91 Å². The Bertz CT molecular complexity index is 311. The third kappa shape index (κ3) is 2.52. The Balaban J connectivity index is 2.74. The summed E-state index contributed by atoms with van der Waals surface area (Å²) in [6.45, 7) is 1.88. The second-order valence-corrected chi connectivity index (χ2v) is 2.96. The van der Waals surface area contributed by atoms with Gasteiger partial charge in [0.15, 0.2) is 0 Å². The zero-order valence-corrected chi connectivity index (χ0v) is 7.53. The third-order valence-corrected chi connectivity index (χ3v) is 1.92. The van der Waals surface area contributed by atoms with Crippen LogP contribution in [0.5, 0.6) is 0 Å². The second kappa shape index (κ2) is 4.00. The highest BCUT2D eigenvalue weighted by atomic mass is 16.1. The van der Waals surface area contributed by atoms with Gasteiger partial charge in [-0.25, -0.2) is 0 Å². The number of carbonyl (C=O) groups is 1. The molecule has 1 aromatic heterocycles. The van der Waals surface area contributed by atoms with Crippen molar-refractivity contribution in [3.63, 3.8) is 0 Å². The van der Waals surface area contributed by atoms with Crippen LogP contribution in [0.3, 0.4) is 0 Å². The molecule has 70 valence electrons. The smallest absolute Gasteiger partial charge is 0.234 e. The summed E-state index contributed by atoms with van der Waals surface area (Å²) in [7, 11) is 0. The first-order valence-corrected chi connectivity index (χ1v) is 4.06. The van der Waals surface area contributed by atoms with Gasteiger partial charge < -0.3 is 11.5 Å². The van der Waals surface area contributed by atoms with Gasteiger partial charge in [0.1, 0.15) is 0 Å². The maximum Gasteiger partial charge on any atom is 0.234 e. The molecule has 0 spiro atoms. The Morgan fingerprint density at radius 1 is 1.69 bits per heavy atom. The Kier molecular flexibility index (Phi) is 2.97. The molecule has 0 aliphatic rings. The van der Waals surface area contributed by atoms with Gasteiger partial charge in [-0.2, -0.15) is 0 Å². The van der Waals surface area contributed by atoms with Crippen LogP contribution in [0.2, 0.25) is 0 Å². The van der Waals surface area contributed by atoms with Crippen molar-refractivity contribution in [3.8, 4) is 0 Å². The molecule has 0 aromatic carbocycles. The second-order valence-electron chi connectivity index (χ2n) is 2.96. The number of aryl methyl sites for hydroxylation is 1. The fraction of sp³-hybridized carbons (Fsp3) is 0.333. The number of amides is 1. The van der Waals surface area contributed by atoms with Gasteiger partial charge in [0.2, 0.25) is 5.91 Å². The largest absolute Gasteiger partial charge is 0.368 e. The first-order valence-electron chi connectivity index (χ1n) is 4.06. The lowest BCUT2D eigenvalue weighted by Gasteiger charge is -2.08. The summed E-state index contributed by atoms with van der Waals surface area (Å²) < 4.78 is 0. The molecule has 0 aliphatic carbocycles. The van der Waals surface area contributed by atoms with Crippen LogP contribution >= 0.6 is 0 Å². The number of hydrogen-bond donors (Lipinski definition) is 2. The van der Waals surface area contributed by atoms with E-state index in [2.05, 4.69) is 4.98 Å². The predicted molar refractivity (Wildman–Crippen MR) is 49.8 cm³/mol. The van der Waals surface area contributed by atoms with E-state index in [1.165, 1.54) is 0 Å².